The van der Waals surface area contributed by atoms with Crippen LogP contribution < -0.4 is 0 Å². The fourth-order valence-electron chi connectivity index (χ4n) is 0.382. The van der Waals surface area contributed by atoms with E-state index in [-0.39, 0.29) is 0 Å². The lowest BCUT2D eigenvalue weighted by Crippen LogP contribution is -1.89. The van der Waals surface area contributed by atoms with Crippen LogP contribution in [0.5, 0.6) is 0 Å². The van der Waals surface area contributed by atoms with Gasteiger partial charge in [-0.05, 0) is 18.1 Å². The van der Waals surface area contributed by atoms with Crippen molar-refractivity contribution in [2.75, 3.05) is 5.75 Å². The molecule has 0 aromatic carbocycles. The summed E-state index contributed by atoms with van der Waals surface area (Å²) in [6, 6.07) is 0. The Hall–Kier alpha value is 0.790. The third-order valence-electron chi connectivity index (χ3n) is 0.921. The van der Waals surface area contributed by atoms with Gasteiger partial charge in [-0.15, -0.1) is 24.4 Å². The number of thioether (sulfide) groups is 1. The minimum Gasteiger partial charge on any atom is -0.125 e. The molecule has 0 atom stereocenters. The molecule has 0 bridgehead atoms. The molecule has 0 heterocycles. The third kappa shape index (κ3) is 8.79. The molecule has 0 saturated carbocycles. The molecule has 0 nitrogen and oxygen atoms in total. The number of hydrogen-bond donors (Lipinski definition) is 1. The molecule has 54 valence electrons. The monoisotopic (exact) mass is 180 g/mol. The molecule has 0 aliphatic heterocycles. The van der Waals surface area contributed by atoms with Crippen LogP contribution in [0.4, 0.5) is 0 Å². The van der Waals surface area contributed by atoms with Crippen molar-refractivity contribution in [3.8, 4) is 0 Å². The first-order valence-electron chi connectivity index (χ1n) is 2.98. The van der Waals surface area contributed by atoms with Crippen LogP contribution >= 0.6 is 36.6 Å². The summed E-state index contributed by atoms with van der Waals surface area (Å²) in [4.78, 5) is 0. The fraction of sp³-hybridized carbons (Fsp3) is 0.833. The first kappa shape index (κ1) is 9.79. The van der Waals surface area contributed by atoms with Gasteiger partial charge in [-0.3, -0.25) is 0 Å². The second kappa shape index (κ2) is 5.57. The maximum absolute atomic E-state index is 4.77. The van der Waals surface area contributed by atoms with Crippen LogP contribution in [-0.4, -0.2) is 9.28 Å². The average Bonchev–Trinajstić information content (AvgIpc) is 1.63. The Morgan fingerprint density at radius 1 is 1.67 bits per heavy atom. The van der Waals surface area contributed by atoms with Crippen LogP contribution in [0.3, 0.4) is 0 Å². The number of thiocarbonyl (C=S) groups is 1. The normalized spacial score (nSPS) is 10.2. The third-order valence-corrected chi connectivity index (χ3v) is 2.35. The Kier molecular flexibility index (Phi) is 6.05. The average molecular weight is 180 g/mol. The quantitative estimate of drug-likeness (QED) is 0.524. The molecule has 0 rings (SSSR count). The molecule has 0 aromatic heterocycles. The molecule has 0 radical (unpaired) electrons. The molecule has 0 saturated heterocycles. The van der Waals surface area contributed by atoms with Crippen LogP contribution in [0.2, 0.25) is 0 Å². The molecular formula is C6H12S3. The minimum absolute atomic E-state index is 0.760. The molecule has 0 aliphatic rings. The van der Waals surface area contributed by atoms with Gasteiger partial charge in [0, 0.05) is 0 Å². The summed E-state index contributed by atoms with van der Waals surface area (Å²) in [5.74, 6) is 1.89. The van der Waals surface area contributed by atoms with Crippen LogP contribution in [0.15, 0.2) is 0 Å². The first-order chi connectivity index (χ1) is 4.13. The molecule has 0 unspecified atom stereocenters. The molecule has 9 heavy (non-hydrogen) atoms. The summed E-state index contributed by atoms with van der Waals surface area (Å²) in [5, 5.41) is 0. The van der Waals surface area contributed by atoms with Crippen molar-refractivity contribution in [3.05, 3.63) is 0 Å². The lowest BCUT2D eigenvalue weighted by atomic mass is 10.2. The van der Waals surface area contributed by atoms with Gasteiger partial charge in [0.15, 0.2) is 0 Å². The van der Waals surface area contributed by atoms with E-state index in [1.54, 1.807) is 11.8 Å². The van der Waals surface area contributed by atoms with Gasteiger partial charge in [0.25, 0.3) is 0 Å². The van der Waals surface area contributed by atoms with Crippen molar-refractivity contribution in [1.29, 1.82) is 0 Å². The Morgan fingerprint density at radius 2 is 2.22 bits per heavy atom. The summed E-state index contributed by atoms with van der Waals surface area (Å²) in [5.41, 5.74) is 0. The van der Waals surface area contributed by atoms with Gasteiger partial charge in [-0.25, -0.2) is 0 Å². The van der Waals surface area contributed by atoms with Crippen LogP contribution in [-0.2, 0) is 0 Å². The summed E-state index contributed by atoms with van der Waals surface area (Å²) < 4.78 is 0.760. The Balaban J connectivity index is 3.01. The smallest absolute Gasteiger partial charge is 0.101 e. The van der Waals surface area contributed by atoms with E-state index >= 15 is 0 Å². The molecule has 0 aromatic rings. The van der Waals surface area contributed by atoms with Crippen LogP contribution in [0.1, 0.15) is 20.3 Å². The standard InChI is InChI=1S/C6H12S3/c1-5(2)3-4-9-6(7)8/h5H,3-4H2,1-2H3,(H,7,8). The molecule has 0 N–H and O–H groups in total. The zero-order valence-electron chi connectivity index (χ0n) is 5.76. The van der Waals surface area contributed by atoms with Crippen molar-refractivity contribution in [2.24, 2.45) is 5.92 Å². The summed E-state index contributed by atoms with van der Waals surface area (Å²) >= 11 is 10.4. The van der Waals surface area contributed by atoms with E-state index in [9.17, 15) is 0 Å². The highest BCUT2D eigenvalue weighted by atomic mass is 32.2. The van der Waals surface area contributed by atoms with Gasteiger partial charge in [0.1, 0.15) is 3.53 Å². The van der Waals surface area contributed by atoms with Gasteiger partial charge in [0.05, 0.1) is 0 Å². The first-order valence-corrected chi connectivity index (χ1v) is 4.82. The van der Waals surface area contributed by atoms with Gasteiger partial charge in [-0.1, -0.05) is 26.1 Å². The predicted molar refractivity (Wildman–Crippen MR) is 53.5 cm³/mol. The van der Waals surface area contributed by atoms with E-state index in [4.69, 9.17) is 12.2 Å². The van der Waals surface area contributed by atoms with Gasteiger partial charge >= 0.3 is 0 Å². The Morgan fingerprint density at radius 3 is 2.56 bits per heavy atom. The predicted octanol–water partition coefficient (Wildman–Crippen LogP) is 2.98. The summed E-state index contributed by atoms with van der Waals surface area (Å²) in [6.45, 7) is 4.42. The summed E-state index contributed by atoms with van der Waals surface area (Å²) in [6.07, 6.45) is 1.23. The van der Waals surface area contributed by atoms with Crippen molar-refractivity contribution in [2.45, 2.75) is 20.3 Å². The van der Waals surface area contributed by atoms with Crippen molar-refractivity contribution in [3.63, 3.8) is 0 Å². The highest BCUT2D eigenvalue weighted by Gasteiger charge is 1.94. The van der Waals surface area contributed by atoms with E-state index in [0.29, 0.717) is 0 Å². The van der Waals surface area contributed by atoms with Gasteiger partial charge in [-0.2, -0.15) is 0 Å². The second-order valence-corrected chi connectivity index (χ2v) is 5.12. The highest BCUT2D eigenvalue weighted by molar-refractivity contribution is 8.41. The number of thiol groups is 1. The minimum atomic E-state index is 0.760. The molecule has 0 aliphatic carbocycles. The van der Waals surface area contributed by atoms with E-state index < -0.39 is 0 Å². The molecule has 0 fully saturated rings. The topological polar surface area (TPSA) is 0 Å². The van der Waals surface area contributed by atoms with Gasteiger partial charge < -0.3 is 0 Å². The Labute approximate surface area is 72.2 Å². The molecule has 0 amide bonds. The van der Waals surface area contributed by atoms with Crippen LogP contribution in [0.25, 0.3) is 0 Å². The van der Waals surface area contributed by atoms with E-state index in [1.807, 2.05) is 0 Å². The zero-order chi connectivity index (χ0) is 7.28. The molecular weight excluding hydrogens is 168 g/mol. The maximum Gasteiger partial charge on any atom is 0.101 e. The lowest BCUT2D eigenvalue weighted by Gasteiger charge is -2.00. The second-order valence-electron chi connectivity index (χ2n) is 2.30. The van der Waals surface area contributed by atoms with Crippen molar-refractivity contribution in [1.82, 2.24) is 0 Å². The zero-order valence-corrected chi connectivity index (χ0v) is 8.28. The molecule has 0 spiro atoms. The Bertz CT molecular complexity index is 88.3. The fourth-order valence-corrected chi connectivity index (χ4v) is 1.67. The number of rotatable bonds is 3. The summed E-state index contributed by atoms with van der Waals surface area (Å²) in [7, 11) is 0. The van der Waals surface area contributed by atoms with E-state index in [0.717, 1.165) is 15.2 Å². The van der Waals surface area contributed by atoms with Crippen LogP contribution in [0, 0.1) is 5.92 Å². The highest BCUT2D eigenvalue weighted by Crippen LogP contribution is 2.12. The lowest BCUT2D eigenvalue weighted by molar-refractivity contribution is 0.632. The van der Waals surface area contributed by atoms with E-state index in [1.165, 1.54) is 6.42 Å². The number of hydrogen-bond acceptors (Lipinski definition) is 2. The van der Waals surface area contributed by atoms with E-state index in [2.05, 4.69) is 26.5 Å². The van der Waals surface area contributed by atoms with Crippen molar-refractivity contribution < 1.29 is 0 Å². The van der Waals surface area contributed by atoms with Gasteiger partial charge in [0.2, 0.25) is 0 Å². The van der Waals surface area contributed by atoms with Crippen molar-refractivity contribution >= 4 is 40.1 Å². The largest absolute Gasteiger partial charge is 0.125 e. The maximum atomic E-state index is 4.77. The molecule has 3 heteroatoms. The SMILES string of the molecule is CC(C)CCSC(=S)S.